The zero-order valence-corrected chi connectivity index (χ0v) is 15.1. The van der Waals surface area contributed by atoms with E-state index in [0.29, 0.717) is 11.5 Å². The van der Waals surface area contributed by atoms with Gasteiger partial charge in [0.1, 0.15) is 0 Å². The Bertz CT molecular complexity index is 1230. The quantitative estimate of drug-likeness (QED) is 0.400. The van der Waals surface area contributed by atoms with Gasteiger partial charge in [0.15, 0.2) is 0 Å². The fraction of sp³-hybridized carbons (Fsp3) is 0.174. The van der Waals surface area contributed by atoms with Crippen LogP contribution < -0.4 is 0 Å². The van der Waals surface area contributed by atoms with E-state index in [1.807, 2.05) is 6.07 Å². The Morgan fingerprint density at radius 3 is 2.14 bits per heavy atom. The molecule has 5 rings (SSSR count). The SMILES string of the molecule is O=C(CCc1ccc2ccc3cccc4ccc1c2c34)ON1C(=O)CCC1=O. The van der Waals surface area contributed by atoms with E-state index in [1.54, 1.807) is 0 Å². The second-order valence-electron chi connectivity index (χ2n) is 7.13. The van der Waals surface area contributed by atoms with Crippen molar-refractivity contribution in [1.82, 2.24) is 5.06 Å². The fourth-order valence-corrected chi connectivity index (χ4v) is 4.06. The summed E-state index contributed by atoms with van der Waals surface area (Å²) in [7, 11) is 0. The average molecular weight is 371 g/mol. The Kier molecular flexibility index (Phi) is 3.76. The fourth-order valence-electron chi connectivity index (χ4n) is 4.06. The maximum atomic E-state index is 12.2. The van der Waals surface area contributed by atoms with Crippen LogP contribution in [0.2, 0.25) is 0 Å². The maximum Gasteiger partial charge on any atom is 0.333 e. The van der Waals surface area contributed by atoms with E-state index in [-0.39, 0.29) is 19.3 Å². The number of hydrogen-bond donors (Lipinski definition) is 0. The van der Waals surface area contributed by atoms with Crippen LogP contribution in [0, 0.1) is 0 Å². The van der Waals surface area contributed by atoms with Gasteiger partial charge in [-0.1, -0.05) is 54.6 Å². The van der Waals surface area contributed by atoms with Crippen LogP contribution >= 0.6 is 0 Å². The minimum absolute atomic E-state index is 0.0982. The van der Waals surface area contributed by atoms with Gasteiger partial charge >= 0.3 is 5.97 Å². The van der Waals surface area contributed by atoms with Gasteiger partial charge in [-0.15, -0.1) is 5.06 Å². The summed E-state index contributed by atoms with van der Waals surface area (Å²) < 4.78 is 0. The van der Waals surface area contributed by atoms with Crippen molar-refractivity contribution in [3.05, 3.63) is 60.2 Å². The molecule has 0 aromatic heterocycles. The van der Waals surface area contributed by atoms with Gasteiger partial charge in [0.25, 0.3) is 11.8 Å². The summed E-state index contributed by atoms with van der Waals surface area (Å²) in [5.41, 5.74) is 1.04. The van der Waals surface area contributed by atoms with E-state index in [1.165, 1.54) is 26.9 Å². The lowest BCUT2D eigenvalue weighted by Gasteiger charge is -2.15. The molecule has 0 saturated carbocycles. The van der Waals surface area contributed by atoms with Crippen LogP contribution in [0.4, 0.5) is 0 Å². The van der Waals surface area contributed by atoms with Crippen molar-refractivity contribution in [2.24, 2.45) is 0 Å². The van der Waals surface area contributed by atoms with Gasteiger partial charge < -0.3 is 4.84 Å². The molecule has 0 spiro atoms. The molecule has 0 atom stereocenters. The molecule has 0 N–H and O–H groups in total. The van der Waals surface area contributed by atoms with Crippen molar-refractivity contribution in [3.63, 3.8) is 0 Å². The van der Waals surface area contributed by atoms with Gasteiger partial charge in [-0.3, -0.25) is 9.59 Å². The van der Waals surface area contributed by atoms with E-state index < -0.39 is 17.8 Å². The Labute approximate surface area is 160 Å². The normalized spacial score (nSPS) is 14.6. The molecule has 2 amide bonds. The minimum atomic E-state index is -0.575. The third kappa shape index (κ3) is 2.59. The van der Waals surface area contributed by atoms with E-state index in [4.69, 9.17) is 4.84 Å². The largest absolute Gasteiger partial charge is 0.333 e. The lowest BCUT2D eigenvalue weighted by molar-refractivity contribution is -0.197. The lowest BCUT2D eigenvalue weighted by atomic mass is 9.91. The number of imide groups is 1. The predicted octanol–water partition coefficient (Wildman–Crippen LogP) is 4.12. The molecule has 5 nitrogen and oxygen atoms in total. The van der Waals surface area contributed by atoms with Gasteiger partial charge in [-0.25, -0.2) is 4.79 Å². The molecule has 0 bridgehead atoms. The first-order valence-corrected chi connectivity index (χ1v) is 9.34. The van der Waals surface area contributed by atoms with Gasteiger partial charge in [0.05, 0.1) is 6.42 Å². The molecular formula is C23H17NO4. The second kappa shape index (κ2) is 6.30. The summed E-state index contributed by atoms with van der Waals surface area (Å²) >= 11 is 0. The first-order chi connectivity index (χ1) is 13.6. The Balaban J connectivity index is 1.45. The van der Waals surface area contributed by atoms with Crippen LogP contribution in [0.15, 0.2) is 54.6 Å². The van der Waals surface area contributed by atoms with Gasteiger partial charge in [-0.05, 0) is 44.3 Å². The van der Waals surface area contributed by atoms with Crippen LogP contribution in [-0.4, -0.2) is 22.8 Å². The number of benzene rings is 4. The zero-order chi connectivity index (χ0) is 19.3. The van der Waals surface area contributed by atoms with Crippen molar-refractivity contribution >= 4 is 50.1 Å². The van der Waals surface area contributed by atoms with E-state index >= 15 is 0 Å². The van der Waals surface area contributed by atoms with E-state index in [2.05, 4.69) is 48.5 Å². The van der Waals surface area contributed by atoms with Crippen LogP contribution in [0.1, 0.15) is 24.8 Å². The van der Waals surface area contributed by atoms with Gasteiger partial charge in [0, 0.05) is 12.8 Å². The first kappa shape index (κ1) is 16.7. The molecule has 28 heavy (non-hydrogen) atoms. The Morgan fingerprint density at radius 1 is 0.821 bits per heavy atom. The standard InChI is InChI=1S/C23H17NO4/c25-19-11-12-20(26)24(19)28-21(27)13-9-14-4-5-17-7-6-15-2-1-3-16-8-10-18(14)23(17)22(15)16/h1-8,10H,9,11-13H2. The topological polar surface area (TPSA) is 63.7 Å². The highest BCUT2D eigenvalue weighted by Gasteiger charge is 2.32. The summed E-state index contributed by atoms with van der Waals surface area (Å²) in [6.07, 6.45) is 0.770. The molecule has 4 aromatic carbocycles. The number of hydrogen-bond acceptors (Lipinski definition) is 4. The maximum absolute atomic E-state index is 12.2. The number of carbonyl (C=O) groups excluding carboxylic acids is 3. The Morgan fingerprint density at radius 2 is 1.43 bits per heavy atom. The molecule has 4 aromatic rings. The molecule has 1 aliphatic rings. The van der Waals surface area contributed by atoms with Crippen LogP contribution in [0.5, 0.6) is 0 Å². The number of hydroxylamine groups is 2. The molecule has 0 aliphatic carbocycles. The smallest absolute Gasteiger partial charge is 0.330 e. The second-order valence-corrected chi connectivity index (χ2v) is 7.13. The molecule has 1 fully saturated rings. The van der Waals surface area contributed by atoms with Crippen LogP contribution in [-0.2, 0) is 25.6 Å². The zero-order valence-electron chi connectivity index (χ0n) is 15.1. The summed E-state index contributed by atoms with van der Waals surface area (Å²) in [5.74, 6) is -1.49. The number of nitrogens with zero attached hydrogens (tertiary/aromatic N) is 1. The van der Waals surface area contributed by atoms with Crippen molar-refractivity contribution in [2.75, 3.05) is 0 Å². The third-order valence-electron chi connectivity index (χ3n) is 5.42. The van der Waals surface area contributed by atoms with E-state index in [9.17, 15) is 14.4 Å². The Hall–Kier alpha value is -3.47. The number of carbonyl (C=O) groups is 3. The molecule has 0 unspecified atom stereocenters. The lowest BCUT2D eigenvalue weighted by Crippen LogP contribution is -2.32. The predicted molar refractivity (Wildman–Crippen MR) is 106 cm³/mol. The van der Waals surface area contributed by atoms with Crippen molar-refractivity contribution < 1.29 is 19.2 Å². The molecule has 1 saturated heterocycles. The molecule has 0 radical (unpaired) electrons. The minimum Gasteiger partial charge on any atom is -0.330 e. The van der Waals surface area contributed by atoms with Crippen LogP contribution in [0.3, 0.4) is 0 Å². The van der Waals surface area contributed by atoms with Crippen molar-refractivity contribution in [1.29, 1.82) is 0 Å². The first-order valence-electron chi connectivity index (χ1n) is 9.34. The number of aryl methyl sites for hydroxylation is 1. The molecule has 1 heterocycles. The molecule has 138 valence electrons. The molecule has 1 aliphatic heterocycles. The summed E-state index contributed by atoms with van der Waals surface area (Å²) in [4.78, 5) is 40.3. The van der Waals surface area contributed by atoms with Crippen LogP contribution in [0.25, 0.3) is 32.3 Å². The number of amides is 2. The highest BCUT2D eigenvalue weighted by atomic mass is 16.7. The summed E-state index contributed by atoms with van der Waals surface area (Å²) in [6.45, 7) is 0. The van der Waals surface area contributed by atoms with Gasteiger partial charge in [-0.2, -0.15) is 0 Å². The molecule has 5 heteroatoms. The number of rotatable bonds is 4. The highest BCUT2D eigenvalue weighted by molar-refractivity contribution is 6.23. The van der Waals surface area contributed by atoms with Crippen molar-refractivity contribution in [3.8, 4) is 0 Å². The molecular weight excluding hydrogens is 354 g/mol. The summed E-state index contributed by atoms with van der Waals surface area (Å²) in [5, 5.41) is 7.70. The monoisotopic (exact) mass is 371 g/mol. The third-order valence-corrected chi connectivity index (χ3v) is 5.42. The highest BCUT2D eigenvalue weighted by Crippen LogP contribution is 2.36. The average Bonchev–Trinajstić information content (AvgIpc) is 3.03. The van der Waals surface area contributed by atoms with Gasteiger partial charge in [0.2, 0.25) is 0 Å². The van der Waals surface area contributed by atoms with E-state index in [0.717, 1.165) is 10.9 Å². The summed E-state index contributed by atoms with van der Waals surface area (Å²) in [6, 6.07) is 18.8. The van der Waals surface area contributed by atoms with Crippen molar-refractivity contribution in [2.45, 2.75) is 25.7 Å².